The molecule has 0 aliphatic heterocycles. The van der Waals surface area contributed by atoms with Crippen molar-refractivity contribution in [3.8, 4) is 0 Å². The van der Waals surface area contributed by atoms with Crippen LogP contribution < -0.4 is 0 Å². The number of nitro groups is 1. The first kappa shape index (κ1) is 12.6. The van der Waals surface area contributed by atoms with Gasteiger partial charge in [-0.05, 0) is 30.7 Å². The van der Waals surface area contributed by atoms with Crippen LogP contribution in [0.2, 0.25) is 0 Å². The number of hydrogen-bond donors (Lipinski definition) is 0. The predicted molar refractivity (Wildman–Crippen MR) is 71.6 cm³/mol. The average molecular weight is 260 g/mol. The van der Waals surface area contributed by atoms with Gasteiger partial charge in [-0.15, -0.1) is 11.8 Å². The lowest BCUT2D eigenvalue weighted by molar-refractivity contribution is -0.385. The van der Waals surface area contributed by atoms with Gasteiger partial charge in [-0.25, -0.2) is 0 Å². The van der Waals surface area contributed by atoms with Crippen LogP contribution in [0.25, 0.3) is 0 Å². The highest BCUT2D eigenvalue weighted by Gasteiger charge is 2.08. The molecule has 0 saturated heterocycles. The smallest absolute Gasteiger partial charge is 0.260 e. The van der Waals surface area contributed by atoms with Crippen LogP contribution in [-0.2, 0) is 5.75 Å². The van der Waals surface area contributed by atoms with Crippen LogP contribution in [0.15, 0.2) is 47.5 Å². The number of aromatic nitrogens is 1. The number of nitro benzene ring substituents is 1. The highest BCUT2D eigenvalue weighted by Crippen LogP contribution is 2.28. The Morgan fingerprint density at radius 2 is 2.17 bits per heavy atom. The number of thioether (sulfide) groups is 1. The summed E-state index contributed by atoms with van der Waals surface area (Å²) in [5.41, 5.74) is 2.06. The topological polar surface area (TPSA) is 56.0 Å². The molecule has 0 radical (unpaired) electrons. The molecule has 1 heterocycles. The third kappa shape index (κ3) is 3.07. The zero-order valence-electron chi connectivity index (χ0n) is 9.87. The second-order valence-corrected chi connectivity index (χ2v) is 4.83. The summed E-state index contributed by atoms with van der Waals surface area (Å²) in [4.78, 5) is 15.5. The fraction of sp³-hybridized carbons (Fsp3) is 0.154. The second kappa shape index (κ2) is 5.64. The van der Waals surface area contributed by atoms with E-state index in [2.05, 4.69) is 4.98 Å². The van der Waals surface area contributed by atoms with E-state index in [1.54, 1.807) is 30.1 Å². The Hall–Kier alpha value is -1.88. The number of nitrogens with zero attached hydrogens (tertiary/aromatic N) is 2. The molecule has 0 spiro atoms. The molecule has 2 rings (SSSR count). The zero-order valence-corrected chi connectivity index (χ0v) is 10.7. The number of aryl methyl sites for hydroxylation is 1. The van der Waals surface area contributed by atoms with Gasteiger partial charge < -0.3 is 0 Å². The Morgan fingerprint density at radius 1 is 1.33 bits per heavy atom. The van der Waals surface area contributed by atoms with Gasteiger partial charge in [0.15, 0.2) is 0 Å². The molecule has 0 fully saturated rings. The molecule has 1 aromatic heterocycles. The first-order valence-corrected chi connectivity index (χ1v) is 6.43. The Kier molecular flexibility index (Phi) is 3.94. The van der Waals surface area contributed by atoms with Crippen LogP contribution >= 0.6 is 11.8 Å². The molecular formula is C13H12N2O2S. The SMILES string of the molecule is Cc1cc([N+](=O)[O-])ccc1SCc1ccccn1. The Balaban J connectivity index is 2.08. The minimum absolute atomic E-state index is 0.134. The Morgan fingerprint density at radius 3 is 2.78 bits per heavy atom. The summed E-state index contributed by atoms with van der Waals surface area (Å²) in [5, 5.41) is 10.6. The molecule has 0 unspecified atom stereocenters. The maximum atomic E-state index is 10.6. The summed E-state index contributed by atoms with van der Waals surface area (Å²) >= 11 is 1.64. The van der Waals surface area contributed by atoms with Gasteiger partial charge in [0.25, 0.3) is 5.69 Å². The predicted octanol–water partition coefficient (Wildman–Crippen LogP) is 3.59. The first-order chi connectivity index (χ1) is 8.66. The summed E-state index contributed by atoms with van der Waals surface area (Å²) in [5.74, 6) is 0.763. The van der Waals surface area contributed by atoms with Gasteiger partial charge in [-0.1, -0.05) is 6.07 Å². The molecule has 0 N–H and O–H groups in total. The van der Waals surface area contributed by atoms with Gasteiger partial charge in [0.05, 0.1) is 10.6 Å². The van der Waals surface area contributed by atoms with Gasteiger partial charge >= 0.3 is 0 Å². The largest absolute Gasteiger partial charge is 0.269 e. The van der Waals surface area contributed by atoms with E-state index in [-0.39, 0.29) is 10.6 Å². The van der Waals surface area contributed by atoms with Gasteiger partial charge in [0.1, 0.15) is 0 Å². The van der Waals surface area contributed by atoms with E-state index < -0.39 is 0 Å². The fourth-order valence-corrected chi connectivity index (χ4v) is 2.47. The van der Waals surface area contributed by atoms with Crippen molar-refractivity contribution in [2.24, 2.45) is 0 Å². The summed E-state index contributed by atoms with van der Waals surface area (Å²) in [6.45, 7) is 1.88. The maximum Gasteiger partial charge on any atom is 0.269 e. The standard InChI is InChI=1S/C13H12N2O2S/c1-10-8-12(15(16)17)5-6-13(10)18-9-11-4-2-3-7-14-11/h2-8H,9H2,1H3. The number of pyridine rings is 1. The third-order valence-electron chi connectivity index (χ3n) is 2.47. The van der Waals surface area contributed by atoms with E-state index in [1.165, 1.54) is 6.07 Å². The first-order valence-electron chi connectivity index (χ1n) is 5.44. The monoisotopic (exact) mass is 260 g/mol. The molecule has 1 aromatic carbocycles. The Bertz CT molecular complexity index is 558. The van der Waals surface area contributed by atoms with Crippen molar-refractivity contribution in [2.45, 2.75) is 17.6 Å². The van der Waals surface area contributed by atoms with E-state index in [0.717, 1.165) is 21.9 Å². The molecule has 0 amide bonds. The lowest BCUT2D eigenvalue weighted by atomic mass is 10.2. The van der Waals surface area contributed by atoms with Gasteiger partial charge in [-0.3, -0.25) is 15.1 Å². The lowest BCUT2D eigenvalue weighted by Crippen LogP contribution is -1.90. The van der Waals surface area contributed by atoms with E-state index >= 15 is 0 Å². The molecule has 0 aliphatic carbocycles. The van der Waals surface area contributed by atoms with Crippen molar-refractivity contribution < 1.29 is 4.92 Å². The maximum absolute atomic E-state index is 10.6. The van der Waals surface area contributed by atoms with Crippen molar-refractivity contribution in [3.63, 3.8) is 0 Å². The molecule has 2 aromatic rings. The highest BCUT2D eigenvalue weighted by atomic mass is 32.2. The quantitative estimate of drug-likeness (QED) is 0.479. The molecule has 0 saturated carbocycles. The normalized spacial score (nSPS) is 10.3. The molecule has 92 valence electrons. The number of benzene rings is 1. The van der Waals surface area contributed by atoms with Gasteiger partial charge in [-0.2, -0.15) is 0 Å². The molecule has 18 heavy (non-hydrogen) atoms. The minimum atomic E-state index is -0.375. The zero-order chi connectivity index (χ0) is 13.0. The van der Waals surface area contributed by atoms with E-state index in [1.807, 2.05) is 25.1 Å². The Labute approximate surface area is 109 Å². The molecule has 0 atom stereocenters. The summed E-state index contributed by atoms with van der Waals surface area (Å²) in [6, 6.07) is 10.7. The highest BCUT2D eigenvalue weighted by molar-refractivity contribution is 7.98. The van der Waals surface area contributed by atoms with Gasteiger partial charge in [0.2, 0.25) is 0 Å². The molecule has 0 bridgehead atoms. The molecule has 0 aliphatic rings. The van der Waals surface area contributed by atoms with Crippen LogP contribution in [0, 0.1) is 17.0 Å². The summed E-state index contributed by atoms with van der Waals surface area (Å²) in [7, 11) is 0. The molecular weight excluding hydrogens is 248 g/mol. The van der Waals surface area contributed by atoms with Crippen LogP contribution in [-0.4, -0.2) is 9.91 Å². The van der Waals surface area contributed by atoms with E-state index in [0.29, 0.717) is 0 Å². The van der Waals surface area contributed by atoms with Crippen molar-refractivity contribution in [3.05, 3.63) is 64.0 Å². The van der Waals surface area contributed by atoms with Crippen LogP contribution in [0.4, 0.5) is 5.69 Å². The second-order valence-electron chi connectivity index (χ2n) is 3.82. The summed E-state index contributed by atoms with van der Waals surface area (Å²) < 4.78 is 0. The van der Waals surface area contributed by atoms with Gasteiger partial charge in [0, 0.05) is 29.0 Å². The number of non-ortho nitro benzene ring substituents is 1. The third-order valence-corrected chi connectivity index (χ3v) is 3.68. The average Bonchev–Trinajstić information content (AvgIpc) is 2.38. The van der Waals surface area contributed by atoms with E-state index in [4.69, 9.17) is 0 Å². The van der Waals surface area contributed by atoms with Crippen LogP contribution in [0.5, 0.6) is 0 Å². The van der Waals surface area contributed by atoms with Crippen LogP contribution in [0.1, 0.15) is 11.3 Å². The number of rotatable bonds is 4. The molecule has 5 heteroatoms. The van der Waals surface area contributed by atoms with Crippen molar-refractivity contribution in [1.29, 1.82) is 0 Å². The minimum Gasteiger partial charge on any atom is -0.260 e. The van der Waals surface area contributed by atoms with Crippen LogP contribution in [0.3, 0.4) is 0 Å². The number of hydrogen-bond acceptors (Lipinski definition) is 4. The molecule has 4 nitrogen and oxygen atoms in total. The summed E-state index contributed by atoms with van der Waals surface area (Å²) in [6.07, 6.45) is 1.76. The van der Waals surface area contributed by atoms with Crippen molar-refractivity contribution in [2.75, 3.05) is 0 Å². The van der Waals surface area contributed by atoms with E-state index in [9.17, 15) is 10.1 Å². The van der Waals surface area contributed by atoms with Crippen molar-refractivity contribution >= 4 is 17.4 Å². The lowest BCUT2D eigenvalue weighted by Gasteiger charge is -2.04. The van der Waals surface area contributed by atoms with Crippen molar-refractivity contribution in [1.82, 2.24) is 4.98 Å². The fourth-order valence-electron chi connectivity index (χ4n) is 1.54.